The van der Waals surface area contributed by atoms with Crippen LogP contribution in [0.4, 0.5) is 13.2 Å². The monoisotopic (exact) mass is 268 g/mol. The van der Waals surface area contributed by atoms with Gasteiger partial charge in [0.05, 0.1) is 5.60 Å². The molecule has 1 aliphatic rings. The zero-order valence-electron chi connectivity index (χ0n) is 9.64. The van der Waals surface area contributed by atoms with Gasteiger partial charge in [0.1, 0.15) is 6.54 Å². The fourth-order valence-corrected chi connectivity index (χ4v) is 1.80. The first kappa shape index (κ1) is 14.7. The van der Waals surface area contributed by atoms with Crippen molar-refractivity contribution in [2.45, 2.75) is 37.5 Å². The predicted octanol–water partition coefficient (Wildman–Crippen LogP) is 0.0862. The van der Waals surface area contributed by atoms with Gasteiger partial charge in [-0.25, -0.2) is 0 Å². The minimum atomic E-state index is -4.56. The maximum Gasteiger partial charge on any atom is 0.405 e. The summed E-state index contributed by atoms with van der Waals surface area (Å²) in [4.78, 5) is 22.2. The Labute approximate surface area is 102 Å². The van der Waals surface area contributed by atoms with Gasteiger partial charge in [0.15, 0.2) is 0 Å². The molecule has 0 aliphatic heterocycles. The van der Waals surface area contributed by atoms with E-state index in [2.05, 4.69) is 5.32 Å². The minimum Gasteiger partial charge on any atom is -0.388 e. The molecule has 5 nitrogen and oxygen atoms in total. The largest absolute Gasteiger partial charge is 0.405 e. The first-order valence-corrected chi connectivity index (χ1v) is 5.57. The van der Waals surface area contributed by atoms with E-state index in [0.29, 0.717) is 12.8 Å². The van der Waals surface area contributed by atoms with Gasteiger partial charge in [0, 0.05) is 6.54 Å². The van der Waals surface area contributed by atoms with E-state index in [1.54, 1.807) is 0 Å². The van der Waals surface area contributed by atoms with Gasteiger partial charge in [-0.1, -0.05) is 12.8 Å². The average molecular weight is 268 g/mol. The van der Waals surface area contributed by atoms with E-state index in [9.17, 15) is 27.9 Å². The van der Waals surface area contributed by atoms with Crippen LogP contribution in [0.2, 0.25) is 0 Å². The fraction of sp³-hybridized carbons (Fsp3) is 0.800. The highest BCUT2D eigenvalue weighted by Gasteiger charge is 2.33. The van der Waals surface area contributed by atoms with Gasteiger partial charge in [-0.05, 0) is 12.8 Å². The van der Waals surface area contributed by atoms with Gasteiger partial charge in [0.2, 0.25) is 0 Å². The molecule has 0 unspecified atom stereocenters. The maximum atomic E-state index is 11.8. The molecule has 0 aromatic rings. The Kier molecular flexibility index (Phi) is 4.55. The molecule has 0 heterocycles. The third-order valence-corrected chi connectivity index (χ3v) is 2.77. The number of aliphatic hydroxyl groups is 1. The van der Waals surface area contributed by atoms with Crippen LogP contribution < -0.4 is 10.6 Å². The first-order chi connectivity index (χ1) is 8.22. The normalized spacial score (nSPS) is 18.4. The summed E-state index contributed by atoms with van der Waals surface area (Å²) in [7, 11) is 0. The second-order valence-electron chi connectivity index (χ2n) is 4.41. The smallest absolute Gasteiger partial charge is 0.388 e. The molecule has 0 atom stereocenters. The average Bonchev–Trinajstić information content (AvgIpc) is 2.69. The van der Waals surface area contributed by atoms with E-state index >= 15 is 0 Å². The number of halogens is 3. The van der Waals surface area contributed by atoms with E-state index < -0.39 is 30.1 Å². The van der Waals surface area contributed by atoms with Crippen molar-refractivity contribution in [3.8, 4) is 0 Å². The summed E-state index contributed by atoms with van der Waals surface area (Å²) in [5, 5.41) is 13.4. The Morgan fingerprint density at radius 2 is 1.61 bits per heavy atom. The molecule has 18 heavy (non-hydrogen) atoms. The molecule has 1 saturated carbocycles. The Morgan fingerprint density at radius 1 is 1.11 bits per heavy atom. The van der Waals surface area contributed by atoms with Crippen LogP contribution in [0.1, 0.15) is 25.7 Å². The van der Waals surface area contributed by atoms with Crippen LogP contribution in [-0.2, 0) is 9.59 Å². The third-order valence-electron chi connectivity index (χ3n) is 2.77. The molecule has 3 N–H and O–H groups in total. The number of carbonyl (C=O) groups excluding carboxylic acids is 2. The Balaban J connectivity index is 2.30. The summed E-state index contributed by atoms with van der Waals surface area (Å²) >= 11 is 0. The van der Waals surface area contributed by atoms with Gasteiger partial charge in [0.25, 0.3) is 0 Å². The summed E-state index contributed by atoms with van der Waals surface area (Å²) in [6.07, 6.45) is -1.88. The van der Waals surface area contributed by atoms with Crippen molar-refractivity contribution in [3.05, 3.63) is 0 Å². The summed E-state index contributed by atoms with van der Waals surface area (Å²) < 4.78 is 35.4. The number of alkyl halides is 3. The predicted molar refractivity (Wildman–Crippen MR) is 55.5 cm³/mol. The molecule has 0 radical (unpaired) electrons. The second-order valence-corrected chi connectivity index (χ2v) is 4.41. The zero-order valence-corrected chi connectivity index (χ0v) is 9.64. The fourth-order valence-electron chi connectivity index (χ4n) is 1.80. The van der Waals surface area contributed by atoms with Crippen molar-refractivity contribution in [2.75, 3.05) is 13.1 Å². The molecule has 1 aliphatic carbocycles. The van der Waals surface area contributed by atoms with Crippen LogP contribution in [0.3, 0.4) is 0 Å². The van der Waals surface area contributed by atoms with Crippen LogP contribution in [-0.4, -0.2) is 41.8 Å². The number of hydrogen-bond acceptors (Lipinski definition) is 3. The Bertz CT molecular complexity index is 325. The quantitative estimate of drug-likeness (QED) is 0.635. The molecule has 0 saturated heterocycles. The van der Waals surface area contributed by atoms with Crippen molar-refractivity contribution >= 4 is 11.8 Å². The number of carbonyl (C=O) groups is 2. The molecule has 1 rings (SSSR count). The molecule has 0 aromatic heterocycles. The van der Waals surface area contributed by atoms with Crippen molar-refractivity contribution in [1.29, 1.82) is 0 Å². The summed E-state index contributed by atoms with van der Waals surface area (Å²) in [5.41, 5.74) is -1.04. The summed E-state index contributed by atoms with van der Waals surface area (Å²) in [5.74, 6) is -2.52. The lowest BCUT2D eigenvalue weighted by Gasteiger charge is -2.22. The third kappa shape index (κ3) is 4.91. The van der Waals surface area contributed by atoms with Gasteiger partial charge >= 0.3 is 18.0 Å². The number of nitrogens with one attached hydrogen (secondary N) is 2. The van der Waals surface area contributed by atoms with E-state index in [1.165, 1.54) is 5.32 Å². The van der Waals surface area contributed by atoms with Gasteiger partial charge in [-0.2, -0.15) is 13.2 Å². The second kappa shape index (κ2) is 5.55. The number of hydrogen-bond donors (Lipinski definition) is 3. The highest BCUT2D eigenvalue weighted by molar-refractivity contribution is 6.35. The SMILES string of the molecule is O=C(NCC(F)(F)F)C(=O)NCC1(O)CCCC1. The standard InChI is InChI=1S/C10H15F3N2O3/c11-10(12,13)6-15-8(17)7(16)14-5-9(18)3-1-2-4-9/h18H,1-6H2,(H,14,16)(H,15,17). The summed E-state index contributed by atoms with van der Waals surface area (Å²) in [6.45, 7) is -1.67. The highest BCUT2D eigenvalue weighted by atomic mass is 19.4. The maximum absolute atomic E-state index is 11.8. The Morgan fingerprint density at radius 3 is 2.11 bits per heavy atom. The van der Waals surface area contributed by atoms with Crippen molar-refractivity contribution in [2.24, 2.45) is 0 Å². The van der Waals surface area contributed by atoms with Gasteiger partial charge in [-0.3, -0.25) is 9.59 Å². The van der Waals surface area contributed by atoms with Gasteiger partial charge < -0.3 is 15.7 Å². The molecule has 2 amide bonds. The molecular formula is C10H15F3N2O3. The number of amides is 2. The molecule has 0 bridgehead atoms. The molecule has 104 valence electrons. The topological polar surface area (TPSA) is 78.4 Å². The van der Waals surface area contributed by atoms with E-state index in [0.717, 1.165) is 12.8 Å². The lowest BCUT2D eigenvalue weighted by atomic mass is 10.0. The first-order valence-electron chi connectivity index (χ1n) is 5.57. The van der Waals surface area contributed by atoms with Crippen LogP contribution >= 0.6 is 0 Å². The molecule has 1 fully saturated rings. The summed E-state index contributed by atoms with van der Waals surface area (Å²) in [6, 6.07) is 0. The Hall–Kier alpha value is -1.31. The molecule has 0 aromatic carbocycles. The van der Waals surface area contributed by atoms with E-state index in [4.69, 9.17) is 0 Å². The minimum absolute atomic E-state index is 0.120. The van der Waals surface area contributed by atoms with Crippen molar-refractivity contribution < 1.29 is 27.9 Å². The van der Waals surface area contributed by atoms with Crippen molar-refractivity contribution in [3.63, 3.8) is 0 Å². The van der Waals surface area contributed by atoms with Gasteiger partial charge in [-0.15, -0.1) is 0 Å². The van der Waals surface area contributed by atoms with E-state index in [1.807, 2.05) is 0 Å². The van der Waals surface area contributed by atoms with Crippen LogP contribution in [0.15, 0.2) is 0 Å². The highest BCUT2D eigenvalue weighted by Crippen LogP contribution is 2.28. The molecular weight excluding hydrogens is 253 g/mol. The zero-order chi connectivity index (χ0) is 13.8. The van der Waals surface area contributed by atoms with Crippen LogP contribution in [0.25, 0.3) is 0 Å². The molecule has 8 heteroatoms. The van der Waals surface area contributed by atoms with Crippen LogP contribution in [0, 0.1) is 0 Å². The van der Waals surface area contributed by atoms with Crippen molar-refractivity contribution in [1.82, 2.24) is 10.6 Å². The molecule has 0 spiro atoms. The van der Waals surface area contributed by atoms with Crippen LogP contribution in [0.5, 0.6) is 0 Å². The van der Waals surface area contributed by atoms with E-state index in [-0.39, 0.29) is 6.54 Å². The lowest BCUT2D eigenvalue weighted by Crippen LogP contribution is -2.48. The lowest BCUT2D eigenvalue weighted by molar-refractivity contribution is -0.146. The number of rotatable bonds is 3.